The van der Waals surface area contributed by atoms with Crippen LogP contribution in [0.1, 0.15) is 41.7 Å². The van der Waals surface area contributed by atoms with Crippen molar-refractivity contribution in [1.29, 1.82) is 0 Å². The molecule has 0 saturated carbocycles. The van der Waals surface area contributed by atoms with Gasteiger partial charge in [0, 0.05) is 18.0 Å². The Morgan fingerprint density at radius 3 is 2.52 bits per heavy atom. The Bertz CT molecular complexity index is 860. The van der Waals surface area contributed by atoms with Gasteiger partial charge in [-0.1, -0.05) is 37.3 Å². The number of aromatic hydroxyl groups is 1. The average molecular weight is 367 g/mol. The highest BCUT2D eigenvalue weighted by molar-refractivity contribution is 5.86. The van der Waals surface area contributed by atoms with Gasteiger partial charge >= 0.3 is 0 Å². The Kier molecular flexibility index (Phi) is 5.18. The van der Waals surface area contributed by atoms with Crippen molar-refractivity contribution in [2.75, 3.05) is 6.54 Å². The number of amides is 1. The Balaban J connectivity index is 1.79. The first-order valence-electron chi connectivity index (χ1n) is 9.58. The monoisotopic (exact) mass is 367 g/mol. The minimum atomic E-state index is -0.926. The van der Waals surface area contributed by atoms with Gasteiger partial charge in [0.15, 0.2) is 5.60 Å². The molecule has 2 atom stereocenters. The lowest BCUT2D eigenvalue weighted by atomic mass is 9.79. The van der Waals surface area contributed by atoms with Gasteiger partial charge in [-0.25, -0.2) is 0 Å². The van der Waals surface area contributed by atoms with Crippen LogP contribution < -0.4 is 10.1 Å². The number of benzene rings is 2. The number of phenolic OH excluding ortho intramolecular Hbond substituents is 1. The third kappa shape index (κ3) is 3.41. The molecule has 0 spiro atoms. The zero-order chi connectivity index (χ0) is 19.8. The largest absolute Gasteiger partial charge is 0.507 e. The molecule has 2 aromatic rings. The summed E-state index contributed by atoms with van der Waals surface area (Å²) in [6.45, 7) is 10.2. The number of nitrogens with one attached hydrogen (secondary N) is 1. The molecule has 0 saturated heterocycles. The second kappa shape index (κ2) is 7.26. The summed E-state index contributed by atoms with van der Waals surface area (Å²) in [6.07, 6.45) is 1.50. The van der Waals surface area contributed by atoms with Gasteiger partial charge in [0.05, 0.1) is 0 Å². The minimum Gasteiger partial charge on any atom is -0.507 e. The molecule has 1 aliphatic heterocycles. The molecule has 2 aromatic carbocycles. The van der Waals surface area contributed by atoms with Crippen LogP contribution in [0.4, 0.5) is 0 Å². The fraction of sp³-hybridized carbons (Fsp3) is 0.435. The maximum atomic E-state index is 13.0. The number of hydrogen-bond acceptors (Lipinski definition) is 3. The van der Waals surface area contributed by atoms with Gasteiger partial charge in [0.2, 0.25) is 0 Å². The highest BCUT2D eigenvalue weighted by Crippen LogP contribution is 2.45. The summed E-state index contributed by atoms with van der Waals surface area (Å²) in [5.74, 6) is 1.00. The van der Waals surface area contributed by atoms with Crippen LogP contribution in [0.3, 0.4) is 0 Å². The molecule has 4 nitrogen and oxygen atoms in total. The molecular formula is C23H29NO3. The maximum absolute atomic E-state index is 13.0. The predicted octanol–water partition coefficient (Wildman–Crippen LogP) is 4.01. The van der Waals surface area contributed by atoms with Crippen LogP contribution in [-0.4, -0.2) is 23.2 Å². The van der Waals surface area contributed by atoms with E-state index in [1.807, 2.05) is 52.8 Å². The third-order valence-corrected chi connectivity index (χ3v) is 6.10. The fourth-order valence-electron chi connectivity index (χ4n) is 3.78. The number of carbonyl (C=O) groups is 1. The quantitative estimate of drug-likeness (QED) is 0.858. The lowest BCUT2D eigenvalue weighted by Gasteiger charge is -2.41. The van der Waals surface area contributed by atoms with E-state index in [9.17, 15) is 9.90 Å². The van der Waals surface area contributed by atoms with E-state index in [1.165, 1.54) is 5.56 Å². The summed E-state index contributed by atoms with van der Waals surface area (Å²) < 4.78 is 6.32. The van der Waals surface area contributed by atoms with Crippen molar-refractivity contribution in [1.82, 2.24) is 5.32 Å². The highest BCUT2D eigenvalue weighted by atomic mass is 16.5. The first kappa shape index (κ1) is 19.3. The molecule has 1 heterocycles. The number of hydrogen-bond donors (Lipinski definition) is 2. The van der Waals surface area contributed by atoms with Crippen molar-refractivity contribution in [2.24, 2.45) is 5.92 Å². The second-order valence-corrected chi connectivity index (χ2v) is 7.84. The number of phenols is 1. The van der Waals surface area contributed by atoms with E-state index in [0.717, 1.165) is 34.4 Å². The minimum absolute atomic E-state index is 0.00179. The predicted molar refractivity (Wildman–Crippen MR) is 107 cm³/mol. The zero-order valence-electron chi connectivity index (χ0n) is 16.8. The first-order valence-corrected chi connectivity index (χ1v) is 9.58. The summed E-state index contributed by atoms with van der Waals surface area (Å²) in [5, 5.41) is 13.4. The second-order valence-electron chi connectivity index (χ2n) is 7.84. The summed E-state index contributed by atoms with van der Waals surface area (Å²) in [7, 11) is 0. The molecule has 0 aromatic heterocycles. The standard InChI is InChI=1S/C23H29NO3/c1-14-13-19-17(4)20(25)15(2)16(3)21(19)27-23(14,5)22(26)24-12-11-18-9-7-6-8-10-18/h6-10,14,25H,11-13H2,1-5H3,(H,24,26). The van der Waals surface area contributed by atoms with Crippen LogP contribution in [0.15, 0.2) is 30.3 Å². The lowest BCUT2D eigenvalue weighted by molar-refractivity contribution is -0.140. The third-order valence-electron chi connectivity index (χ3n) is 6.10. The van der Waals surface area contributed by atoms with Crippen molar-refractivity contribution in [2.45, 2.75) is 53.1 Å². The summed E-state index contributed by atoms with van der Waals surface area (Å²) in [6, 6.07) is 10.1. The maximum Gasteiger partial charge on any atom is 0.264 e. The van der Waals surface area contributed by atoms with Crippen LogP contribution in [-0.2, 0) is 17.6 Å². The van der Waals surface area contributed by atoms with Gasteiger partial charge in [-0.15, -0.1) is 0 Å². The first-order chi connectivity index (χ1) is 12.8. The molecule has 0 fully saturated rings. The molecule has 3 rings (SSSR count). The summed E-state index contributed by atoms with van der Waals surface area (Å²) >= 11 is 0. The highest BCUT2D eigenvalue weighted by Gasteiger charge is 2.46. The molecular weight excluding hydrogens is 338 g/mol. The molecule has 2 N–H and O–H groups in total. The molecule has 2 unspecified atom stereocenters. The Labute approximate surface area is 161 Å². The van der Waals surface area contributed by atoms with Crippen LogP contribution in [0.25, 0.3) is 0 Å². The van der Waals surface area contributed by atoms with Gasteiger partial charge in [-0.3, -0.25) is 4.79 Å². The number of carbonyl (C=O) groups excluding carboxylic acids is 1. The molecule has 27 heavy (non-hydrogen) atoms. The number of fused-ring (bicyclic) bond motifs is 1. The average Bonchev–Trinajstić information content (AvgIpc) is 2.67. The smallest absolute Gasteiger partial charge is 0.264 e. The Hall–Kier alpha value is -2.49. The van der Waals surface area contributed by atoms with Crippen molar-refractivity contribution >= 4 is 5.91 Å². The van der Waals surface area contributed by atoms with Crippen molar-refractivity contribution in [3.05, 3.63) is 58.1 Å². The van der Waals surface area contributed by atoms with Crippen LogP contribution >= 0.6 is 0 Å². The van der Waals surface area contributed by atoms with E-state index >= 15 is 0 Å². The molecule has 0 radical (unpaired) electrons. The van der Waals surface area contributed by atoms with Crippen molar-refractivity contribution in [3.63, 3.8) is 0 Å². The molecule has 1 amide bonds. The lowest BCUT2D eigenvalue weighted by Crippen LogP contribution is -2.56. The van der Waals surface area contributed by atoms with E-state index in [0.29, 0.717) is 18.7 Å². The topological polar surface area (TPSA) is 58.6 Å². The van der Waals surface area contributed by atoms with Gasteiger partial charge in [-0.2, -0.15) is 0 Å². The number of ether oxygens (including phenoxy) is 1. The van der Waals surface area contributed by atoms with Gasteiger partial charge in [0.1, 0.15) is 11.5 Å². The Morgan fingerprint density at radius 1 is 1.19 bits per heavy atom. The molecule has 0 aliphatic carbocycles. The van der Waals surface area contributed by atoms with Crippen LogP contribution in [0.2, 0.25) is 0 Å². The molecule has 144 valence electrons. The number of rotatable bonds is 4. The van der Waals surface area contributed by atoms with Gasteiger partial charge in [0.25, 0.3) is 5.91 Å². The van der Waals surface area contributed by atoms with Gasteiger partial charge < -0.3 is 15.2 Å². The van der Waals surface area contributed by atoms with Crippen molar-refractivity contribution < 1.29 is 14.6 Å². The Morgan fingerprint density at radius 2 is 1.85 bits per heavy atom. The van der Waals surface area contributed by atoms with E-state index in [1.54, 1.807) is 0 Å². The summed E-state index contributed by atoms with van der Waals surface area (Å²) in [4.78, 5) is 13.0. The molecule has 4 heteroatoms. The van der Waals surface area contributed by atoms with Gasteiger partial charge in [-0.05, 0) is 62.8 Å². The van der Waals surface area contributed by atoms with E-state index < -0.39 is 5.60 Å². The molecule has 1 aliphatic rings. The molecule has 0 bridgehead atoms. The fourth-order valence-corrected chi connectivity index (χ4v) is 3.78. The van der Waals surface area contributed by atoms with Crippen LogP contribution in [0.5, 0.6) is 11.5 Å². The van der Waals surface area contributed by atoms with Crippen LogP contribution in [0, 0.1) is 26.7 Å². The SMILES string of the molecule is Cc1c(C)c2c(c(C)c1O)CC(C)C(C)(C(=O)NCCc1ccccc1)O2. The van der Waals surface area contributed by atoms with Crippen molar-refractivity contribution in [3.8, 4) is 11.5 Å². The summed E-state index contributed by atoms with van der Waals surface area (Å²) in [5.41, 5.74) is 3.85. The van der Waals surface area contributed by atoms with E-state index in [2.05, 4.69) is 17.4 Å². The normalized spacial score (nSPS) is 21.3. The van der Waals surface area contributed by atoms with E-state index in [4.69, 9.17) is 4.74 Å². The van der Waals surface area contributed by atoms with E-state index in [-0.39, 0.29) is 11.8 Å². The zero-order valence-corrected chi connectivity index (χ0v) is 16.8.